The number of nitrogens with one attached hydrogen (secondary N) is 1. The Bertz CT molecular complexity index is 337. The highest BCUT2D eigenvalue weighted by atomic mass is 79.9. The van der Waals surface area contributed by atoms with Gasteiger partial charge >= 0.3 is 0 Å². The Balaban J connectivity index is 1.94. The molecule has 2 rings (SSSR count). The Morgan fingerprint density at radius 1 is 1.53 bits per heavy atom. The van der Waals surface area contributed by atoms with Gasteiger partial charge < -0.3 is 11.1 Å². The maximum atomic E-state index is 5.91. The van der Waals surface area contributed by atoms with Crippen LogP contribution in [-0.4, -0.2) is 18.3 Å². The average molecular weight is 287 g/mol. The van der Waals surface area contributed by atoms with E-state index in [1.165, 1.54) is 24.3 Å². The van der Waals surface area contributed by atoms with Crippen molar-refractivity contribution < 1.29 is 0 Å². The largest absolute Gasteiger partial charge is 0.398 e. The van der Waals surface area contributed by atoms with Crippen LogP contribution < -0.4 is 11.1 Å². The molecular weight excluding hydrogens is 272 g/mol. The van der Waals surface area contributed by atoms with Crippen LogP contribution in [0.4, 0.5) is 5.69 Å². The molecule has 15 heavy (non-hydrogen) atoms. The third-order valence-electron chi connectivity index (χ3n) is 2.58. The van der Waals surface area contributed by atoms with Crippen molar-refractivity contribution in [3.05, 3.63) is 22.7 Å². The Labute approximate surface area is 103 Å². The Morgan fingerprint density at radius 2 is 2.40 bits per heavy atom. The summed E-state index contributed by atoms with van der Waals surface area (Å²) in [5.74, 6) is 1.11. The van der Waals surface area contributed by atoms with E-state index in [0.717, 1.165) is 15.9 Å². The van der Waals surface area contributed by atoms with Gasteiger partial charge in [0.25, 0.3) is 0 Å². The van der Waals surface area contributed by atoms with E-state index in [4.69, 9.17) is 5.73 Å². The predicted octanol–water partition coefficient (Wildman–Crippen LogP) is 2.88. The number of thioether (sulfide) groups is 1. The zero-order valence-electron chi connectivity index (χ0n) is 8.50. The quantitative estimate of drug-likeness (QED) is 0.663. The highest BCUT2D eigenvalue weighted by Crippen LogP contribution is 2.29. The summed E-state index contributed by atoms with van der Waals surface area (Å²) in [6, 6.07) is 6.68. The molecule has 1 fully saturated rings. The van der Waals surface area contributed by atoms with Gasteiger partial charge in [0.15, 0.2) is 0 Å². The molecule has 0 amide bonds. The van der Waals surface area contributed by atoms with Crippen LogP contribution in [0.25, 0.3) is 0 Å². The van der Waals surface area contributed by atoms with Gasteiger partial charge in [-0.1, -0.05) is 15.9 Å². The first-order valence-electron chi connectivity index (χ1n) is 5.17. The smallest absolute Gasteiger partial charge is 0.0453 e. The lowest BCUT2D eigenvalue weighted by atomic mass is 10.3. The van der Waals surface area contributed by atoms with Gasteiger partial charge in [-0.25, -0.2) is 0 Å². The van der Waals surface area contributed by atoms with Crippen LogP contribution >= 0.6 is 27.7 Å². The molecule has 0 aliphatic carbocycles. The number of nitrogen functional groups attached to an aromatic ring is 1. The molecular formula is C11H15BrN2S. The number of anilines is 1. The number of halogens is 1. The van der Waals surface area contributed by atoms with Gasteiger partial charge in [-0.05, 0) is 37.6 Å². The fraction of sp³-hybridized carbons (Fsp3) is 0.455. The Hall–Kier alpha value is -0.190. The standard InChI is InChI=1S/C11H15BrN2S/c12-8-3-4-10(13)11(6-8)15-7-9-2-1-5-14-9/h3-4,6,9,14H,1-2,5,7,13H2. The molecule has 0 aromatic heterocycles. The van der Waals surface area contributed by atoms with E-state index in [9.17, 15) is 0 Å². The molecule has 82 valence electrons. The number of hydrogen-bond acceptors (Lipinski definition) is 3. The van der Waals surface area contributed by atoms with Crippen LogP contribution in [0.5, 0.6) is 0 Å². The van der Waals surface area contributed by atoms with Crippen molar-refractivity contribution in [3.8, 4) is 0 Å². The second-order valence-electron chi connectivity index (χ2n) is 3.79. The zero-order valence-corrected chi connectivity index (χ0v) is 10.9. The number of nitrogens with two attached hydrogens (primary N) is 1. The first kappa shape index (κ1) is 11.3. The topological polar surface area (TPSA) is 38.0 Å². The van der Waals surface area contributed by atoms with E-state index in [2.05, 4.69) is 27.3 Å². The molecule has 1 saturated heterocycles. The minimum Gasteiger partial charge on any atom is -0.398 e. The van der Waals surface area contributed by atoms with Crippen molar-refractivity contribution >= 4 is 33.4 Å². The van der Waals surface area contributed by atoms with E-state index in [0.29, 0.717) is 6.04 Å². The Kier molecular flexibility index (Phi) is 3.94. The summed E-state index contributed by atoms with van der Waals surface area (Å²) in [6.07, 6.45) is 2.60. The normalized spacial score (nSPS) is 20.7. The molecule has 1 aromatic carbocycles. The molecule has 4 heteroatoms. The van der Waals surface area contributed by atoms with Crippen LogP contribution in [0.1, 0.15) is 12.8 Å². The van der Waals surface area contributed by atoms with Crippen molar-refractivity contribution in [2.45, 2.75) is 23.8 Å². The molecule has 0 spiro atoms. The van der Waals surface area contributed by atoms with Crippen molar-refractivity contribution in [1.82, 2.24) is 5.32 Å². The van der Waals surface area contributed by atoms with Gasteiger partial charge in [0.2, 0.25) is 0 Å². The highest BCUT2D eigenvalue weighted by molar-refractivity contribution is 9.10. The molecule has 2 nitrogen and oxygen atoms in total. The summed E-state index contributed by atoms with van der Waals surface area (Å²) >= 11 is 5.31. The molecule has 1 aliphatic rings. The zero-order chi connectivity index (χ0) is 10.7. The summed E-state index contributed by atoms with van der Waals surface area (Å²) < 4.78 is 1.10. The molecule has 1 atom stereocenters. The van der Waals surface area contributed by atoms with Crippen molar-refractivity contribution in [1.29, 1.82) is 0 Å². The lowest BCUT2D eigenvalue weighted by molar-refractivity contribution is 0.674. The maximum absolute atomic E-state index is 5.91. The minimum atomic E-state index is 0.661. The van der Waals surface area contributed by atoms with Gasteiger partial charge in [0.05, 0.1) is 0 Å². The van der Waals surface area contributed by atoms with Crippen molar-refractivity contribution in [3.63, 3.8) is 0 Å². The summed E-state index contributed by atoms with van der Waals surface area (Å²) in [4.78, 5) is 1.18. The van der Waals surface area contributed by atoms with Gasteiger partial charge in [0.1, 0.15) is 0 Å². The van der Waals surface area contributed by atoms with E-state index in [1.54, 1.807) is 0 Å². The Morgan fingerprint density at radius 3 is 3.13 bits per heavy atom. The van der Waals surface area contributed by atoms with Gasteiger partial charge in [-0.3, -0.25) is 0 Å². The maximum Gasteiger partial charge on any atom is 0.0453 e. The van der Waals surface area contributed by atoms with E-state index in [1.807, 2.05) is 23.9 Å². The number of hydrogen-bond donors (Lipinski definition) is 2. The van der Waals surface area contributed by atoms with E-state index >= 15 is 0 Å². The van der Waals surface area contributed by atoms with Crippen LogP contribution in [0, 0.1) is 0 Å². The molecule has 0 radical (unpaired) electrons. The van der Waals surface area contributed by atoms with Gasteiger partial charge in [0, 0.05) is 26.9 Å². The summed E-state index contributed by atoms with van der Waals surface area (Å²) in [7, 11) is 0. The third-order valence-corrected chi connectivity index (χ3v) is 4.30. The number of rotatable bonds is 3. The first-order valence-corrected chi connectivity index (χ1v) is 6.95. The molecule has 0 saturated carbocycles. The molecule has 1 heterocycles. The second kappa shape index (κ2) is 5.23. The summed E-state index contributed by atoms with van der Waals surface area (Å²) in [6.45, 7) is 1.17. The average Bonchev–Trinajstić information content (AvgIpc) is 2.72. The van der Waals surface area contributed by atoms with E-state index in [-0.39, 0.29) is 0 Å². The molecule has 3 N–H and O–H groups in total. The SMILES string of the molecule is Nc1ccc(Br)cc1SCC1CCCN1. The fourth-order valence-corrected chi connectivity index (χ4v) is 3.35. The van der Waals surface area contributed by atoms with Crippen molar-refractivity contribution in [2.75, 3.05) is 18.0 Å². The summed E-state index contributed by atoms with van der Waals surface area (Å²) in [5.41, 5.74) is 6.79. The van der Waals surface area contributed by atoms with Gasteiger partial charge in [-0.2, -0.15) is 0 Å². The van der Waals surface area contributed by atoms with E-state index < -0.39 is 0 Å². The third kappa shape index (κ3) is 3.13. The molecule has 1 aliphatic heterocycles. The number of benzene rings is 1. The summed E-state index contributed by atoms with van der Waals surface area (Å²) in [5, 5.41) is 3.49. The lowest BCUT2D eigenvalue weighted by Gasteiger charge is -2.11. The van der Waals surface area contributed by atoms with Crippen molar-refractivity contribution in [2.24, 2.45) is 0 Å². The van der Waals surface area contributed by atoms with Crippen LogP contribution in [0.15, 0.2) is 27.6 Å². The highest BCUT2D eigenvalue weighted by Gasteiger charge is 2.14. The lowest BCUT2D eigenvalue weighted by Crippen LogP contribution is -2.23. The molecule has 1 unspecified atom stereocenters. The second-order valence-corrected chi connectivity index (χ2v) is 5.76. The van der Waals surface area contributed by atoms with Crippen LogP contribution in [0.2, 0.25) is 0 Å². The first-order chi connectivity index (χ1) is 7.25. The van der Waals surface area contributed by atoms with Gasteiger partial charge in [-0.15, -0.1) is 11.8 Å². The minimum absolute atomic E-state index is 0.661. The van der Waals surface area contributed by atoms with Crippen LogP contribution in [0.3, 0.4) is 0 Å². The fourth-order valence-electron chi connectivity index (χ4n) is 1.72. The monoisotopic (exact) mass is 286 g/mol. The van der Waals surface area contributed by atoms with Crippen LogP contribution in [-0.2, 0) is 0 Å². The molecule has 0 bridgehead atoms. The molecule has 1 aromatic rings. The predicted molar refractivity (Wildman–Crippen MR) is 70.3 cm³/mol.